The van der Waals surface area contributed by atoms with Crippen LogP contribution in [0.5, 0.6) is 0 Å². The Morgan fingerprint density at radius 2 is 1.84 bits per heavy atom. The van der Waals surface area contributed by atoms with E-state index < -0.39 is 0 Å². The number of hydrogen-bond donors (Lipinski definition) is 1. The summed E-state index contributed by atoms with van der Waals surface area (Å²) in [5.41, 5.74) is 8.65. The molecule has 1 saturated heterocycles. The van der Waals surface area contributed by atoms with Gasteiger partial charge in [0, 0.05) is 17.8 Å². The normalized spacial score (nSPS) is 16.5. The second kappa shape index (κ2) is 7.51. The lowest BCUT2D eigenvalue weighted by atomic mass is 10.1. The van der Waals surface area contributed by atoms with Crippen molar-refractivity contribution in [1.29, 1.82) is 0 Å². The highest BCUT2D eigenvalue weighted by Crippen LogP contribution is 2.19. The number of rotatable bonds is 3. The number of nitrogens with zero attached hydrogens (tertiary/aromatic N) is 1. The van der Waals surface area contributed by atoms with Gasteiger partial charge in [-0.1, -0.05) is 12.8 Å². The summed E-state index contributed by atoms with van der Waals surface area (Å²) in [6, 6.07) is 5.61. The predicted octanol–water partition coefficient (Wildman–Crippen LogP) is 3.27. The fourth-order valence-electron chi connectivity index (χ4n) is 2.50. The molecule has 1 aromatic rings. The number of likely N-dealkylation sites (tertiary alicyclic amines) is 1. The van der Waals surface area contributed by atoms with E-state index in [0.29, 0.717) is 0 Å². The quantitative estimate of drug-likeness (QED) is 0.684. The summed E-state index contributed by atoms with van der Waals surface area (Å²) in [5.74, 6) is 0.104. The van der Waals surface area contributed by atoms with E-state index in [2.05, 4.69) is 4.90 Å². The van der Waals surface area contributed by atoms with E-state index in [-0.39, 0.29) is 18.2 Å². The SMILES string of the molecule is CC(=O)c1ccc(N)c(CN2CCCCCC2)c1.Cl. The van der Waals surface area contributed by atoms with Crippen LogP contribution in [0.1, 0.15) is 48.5 Å². The van der Waals surface area contributed by atoms with Gasteiger partial charge in [0.15, 0.2) is 5.78 Å². The summed E-state index contributed by atoms with van der Waals surface area (Å²) in [4.78, 5) is 13.8. The first-order valence-electron chi connectivity index (χ1n) is 6.78. The van der Waals surface area contributed by atoms with Crippen LogP contribution in [0.25, 0.3) is 0 Å². The molecule has 1 aromatic carbocycles. The summed E-state index contributed by atoms with van der Waals surface area (Å²) >= 11 is 0. The first-order chi connectivity index (χ1) is 8.66. The molecule has 1 aliphatic rings. The highest BCUT2D eigenvalue weighted by Gasteiger charge is 2.12. The molecule has 0 atom stereocenters. The third kappa shape index (κ3) is 4.51. The van der Waals surface area contributed by atoms with Gasteiger partial charge in [-0.15, -0.1) is 12.4 Å². The molecule has 106 valence electrons. The molecule has 2 rings (SSSR count). The lowest BCUT2D eigenvalue weighted by molar-refractivity contribution is 0.101. The van der Waals surface area contributed by atoms with Crippen LogP contribution in [0.15, 0.2) is 18.2 Å². The molecule has 1 heterocycles. The number of carbonyl (C=O) groups is 1. The number of anilines is 1. The molecule has 0 aromatic heterocycles. The minimum atomic E-state index is 0. The molecule has 4 heteroatoms. The number of halogens is 1. The van der Waals surface area contributed by atoms with Crippen LogP contribution in [0, 0.1) is 0 Å². The third-order valence-electron chi connectivity index (χ3n) is 3.64. The fourth-order valence-corrected chi connectivity index (χ4v) is 2.50. The summed E-state index contributed by atoms with van der Waals surface area (Å²) in [6.07, 6.45) is 5.21. The van der Waals surface area contributed by atoms with Gasteiger partial charge in [0.25, 0.3) is 0 Å². The molecular weight excluding hydrogens is 260 g/mol. The van der Waals surface area contributed by atoms with Crippen LogP contribution < -0.4 is 5.73 Å². The number of nitrogens with two attached hydrogens (primary N) is 1. The summed E-state index contributed by atoms with van der Waals surface area (Å²) < 4.78 is 0. The highest BCUT2D eigenvalue weighted by molar-refractivity contribution is 5.94. The van der Waals surface area contributed by atoms with E-state index in [1.807, 2.05) is 18.2 Å². The number of carbonyl (C=O) groups excluding carboxylic acids is 1. The molecular formula is C15H23ClN2O. The van der Waals surface area contributed by atoms with Gasteiger partial charge in [0.05, 0.1) is 0 Å². The van der Waals surface area contributed by atoms with Crippen molar-refractivity contribution in [3.63, 3.8) is 0 Å². The molecule has 0 aliphatic carbocycles. The van der Waals surface area contributed by atoms with Crippen LogP contribution in [0.4, 0.5) is 5.69 Å². The summed E-state index contributed by atoms with van der Waals surface area (Å²) in [6.45, 7) is 4.75. The van der Waals surface area contributed by atoms with Crippen LogP contribution in [-0.4, -0.2) is 23.8 Å². The minimum absolute atomic E-state index is 0. The van der Waals surface area contributed by atoms with E-state index in [9.17, 15) is 4.79 Å². The molecule has 0 unspecified atom stereocenters. The van der Waals surface area contributed by atoms with Gasteiger partial charge in [-0.3, -0.25) is 9.69 Å². The van der Waals surface area contributed by atoms with Crippen molar-refractivity contribution in [2.24, 2.45) is 0 Å². The lowest BCUT2D eigenvalue weighted by Gasteiger charge is -2.21. The number of hydrogen-bond acceptors (Lipinski definition) is 3. The summed E-state index contributed by atoms with van der Waals surface area (Å²) in [7, 11) is 0. The van der Waals surface area contributed by atoms with Crippen LogP contribution >= 0.6 is 12.4 Å². The van der Waals surface area contributed by atoms with Crippen molar-refractivity contribution < 1.29 is 4.79 Å². The molecule has 3 nitrogen and oxygen atoms in total. The van der Waals surface area contributed by atoms with Crippen molar-refractivity contribution in [2.75, 3.05) is 18.8 Å². The van der Waals surface area contributed by atoms with Crippen LogP contribution in [-0.2, 0) is 6.54 Å². The van der Waals surface area contributed by atoms with Crippen LogP contribution in [0.3, 0.4) is 0 Å². The zero-order valence-corrected chi connectivity index (χ0v) is 12.3. The molecule has 0 radical (unpaired) electrons. The molecule has 1 aliphatic heterocycles. The zero-order chi connectivity index (χ0) is 13.0. The zero-order valence-electron chi connectivity index (χ0n) is 11.5. The molecule has 19 heavy (non-hydrogen) atoms. The standard InChI is InChI=1S/C15H22N2O.ClH/c1-12(18)13-6-7-15(16)14(10-13)11-17-8-4-2-3-5-9-17;/h6-7,10H,2-5,8-9,11,16H2,1H3;1H. The minimum Gasteiger partial charge on any atom is -0.398 e. The Morgan fingerprint density at radius 3 is 2.42 bits per heavy atom. The number of Topliss-reactive ketones (excluding diaryl/α,β-unsaturated/α-hetero) is 1. The fraction of sp³-hybridized carbons (Fsp3) is 0.533. The maximum Gasteiger partial charge on any atom is 0.159 e. The smallest absolute Gasteiger partial charge is 0.159 e. The monoisotopic (exact) mass is 282 g/mol. The van der Waals surface area contributed by atoms with Gasteiger partial charge in [-0.25, -0.2) is 0 Å². The second-order valence-corrected chi connectivity index (χ2v) is 5.16. The Balaban J connectivity index is 0.00000180. The molecule has 1 fully saturated rings. The van der Waals surface area contributed by atoms with Crippen molar-refractivity contribution in [1.82, 2.24) is 4.90 Å². The van der Waals surface area contributed by atoms with Gasteiger partial charge in [0.2, 0.25) is 0 Å². The maximum absolute atomic E-state index is 11.4. The van der Waals surface area contributed by atoms with E-state index in [1.54, 1.807) is 6.92 Å². The predicted molar refractivity (Wildman–Crippen MR) is 81.9 cm³/mol. The second-order valence-electron chi connectivity index (χ2n) is 5.16. The molecule has 2 N–H and O–H groups in total. The van der Waals surface area contributed by atoms with E-state index in [1.165, 1.54) is 25.7 Å². The van der Waals surface area contributed by atoms with E-state index >= 15 is 0 Å². The lowest BCUT2D eigenvalue weighted by Crippen LogP contribution is -2.24. The number of benzene rings is 1. The summed E-state index contributed by atoms with van der Waals surface area (Å²) in [5, 5.41) is 0. The maximum atomic E-state index is 11.4. The van der Waals surface area contributed by atoms with Crippen molar-refractivity contribution in [2.45, 2.75) is 39.2 Å². The number of nitrogen functional groups attached to an aromatic ring is 1. The Morgan fingerprint density at radius 1 is 1.21 bits per heavy atom. The van der Waals surface area contributed by atoms with Gasteiger partial charge in [-0.05, 0) is 56.6 Å². The number of ketones is 1. The topological polar surface area (TPSA) is 46.3 Å². The van der Waals surface area contributed by atoms with E-state index in [0.717, 1.165) is 36.4 Å². The molecule has 0 saturated carbocycles. The molecule has 0 bridgehead atoms. The van der Waals surface area contributed by atoms with Gasteiger partial charge >= 0.3 is 0 Å². The van der Waals surface area contributed by atoms with E-state index in [4.69, 9.17) is 5.73 Å². The van der Waals surface area contributed by atoms with Gasteiger partial charge in [-0.2, -0.15) is 0 Å². The van der Waals surface area contributed by atoms with Crippen molar-refractivity contribution in [3.8, 4) is 0 Å². The van der Waals surface area contributed by atoms with Crippen molar-refractivity contribution >= 4 is 23.9 Å². The van der Waals surface area contributed by atoms with Crippen molar-refractivity contribution in [3.05, 3.63) is 29.3 Å². The van der Waals surface area contributed by atoms with Gasteiger partial charge < -0.3 is 5.73 Å². The Labute approximate surface area is 121 Å². The highest BCUT2D eigenvalue weighted by atomic mass is 35.5. The van der Waals surface area contributed by atoms with Crippen LogP contribution in [0.2, 0.25) is 0 Å². The molecule has 0 amide bonds. The Hall–Kier alpha value is -1.06. The first kappa shape index (κ1) is 16.0. The largest absolute Gasteiger partial charge is 0.398 e. The Bertz CT molecular complexity index is 426. The third-order valence-corrected chi connectivity index (χ3v) is 3.64. The first-order valence-corrected chi connectivity index (χ1v) is 6.78. The Kier molecular flexibility index (Phi) is 6.32. The van der Waals surface area contributed by atoms with Gasteiger partial charge in [0.1, 0.15) is 0 Å². The molecule has 0 spiro atoms. The average Bonchev–Trinajstić information content (AvgIpc) is 2.60. The average molecular weight is 283 g/mol.